The van der Waals surface area contributed by atoms with Gasteiger partial charge < -0.3 is 9.47 Å². The van der Waals surface area contributed by atoms with Gasteiger partial charge in [0.05, 0.1) is 12.3 Å². The lowest BCUT2D eigenvalue weighted by Gasteiger charge is -2.13. The van der Waals surface area contributed by atoms with E-state index in [1.54, 1.807) is 32.0 Å². The van der Waals surface area contributed by atoms with Gasteiger partial charge >= 0.3 is 18.0 Å². The molecule has 7 heteroatoms. The molecule has 0 bridgehead atoms. The van der Waals surface area contributed by atoms with Crippen LogP contribution in [0.3, 0.4) is 0 Å². The van der Waals surface area contributed by atoms with Crippen LogP contribution in [0.2, 0.25) is 0 Å². The molecule has 1 rings (SSSR count). The molecule has 0 amide bonds. The Balaban J connectivity index is 3.10. The number of ether oxygens (including phenoxy) is 2. The number of allylic oxidation sites excluding steroid dienone is 1. The molecule has 0 fully saturated rings. The second kappa shape index (κ2) is 8.21. The van der Waals surface area contributed by atoms with E-state index in [4.69, 9.17) is 0 Å². The first-order chi connectivity index (χ1) is 10.4. The van der Waals surface area contributed by atoms with Crippen LogP contribution in [0.25, 0.3) is 0 Å². The zero-order chi connectivity index (χ0) is 16.6. The van der Waals surface area contributed by atoms with Gasteiger partial charge in [0.1, 0.15) is 0 Å². The monoisotopic (exact) mass is 315 g/mol. The number of rotatable bonds is 5. The van der Waals surface area contributed by atoms with Gasteiger partial charge in [0.15, 0.2) is 0 Å². The molecule has 0 heterocycles. The van der Waals surface area contributed by atoms with Gasteiger partial charge in [-0.1, -0.05) is 25.1 Å². The molecule has 22 heavy (non-hydrogen) atoms. The van der Waals surface area contributed by atoms with Crippen LogP contribution in [0.5, 0.6) is 0 Å². The average Bonchev–Trinajstić information content (AvgIpc) is 2.46. The molecule has 0 aliphatic rings. The number of hydrogen-bond donors (Lipinski definition) is 0. The molecule has 0 N–H and O–H groups in total. The van der Waals surface area contributed by atoms with Crippen molar-refractivity contribution in [2.75, 3.05) is 6.61 Å². The summed E-state index contributed by atoms with van der Waals surface area (Å²) in [5.41, 5.74) is 0.0644. The third kappa shape index (κ3) is 5.59. The highest BCUT2D eigenvalue weighted by Crippen LogP contribution is 2.24. The maximum Gasteiger partial charge on any atom is 0.468 e. The van der Waals surface area contributed by atoms with Crippen molar-refractivity contribution >= 4 is 17.6 Å². The van der Waals surface area contributed by atoms with E-state index in [2.05, 4.69) is 14.5 Å². The molecule has 0 aliphatic heterocycles. The van der Waals surface area contributed by atoms with Gasteiger partial charge in [0, 0.05) is 0 Å². The van der Waals surface area contributed by atoms with E-state index in [9.17, 15) is 18.0 Å². The van der Waals surface area contributed by atoms with E-state index in [1.807, 2.05) is 0 Å². The molecule has 120 valence electrons. The lowest BCUT2D eigenvalue weighted by atomic mass is 10.3. The molecular formula is C15H16F3NO3. The Hall–Kier alpha value is -2.31. The Morgan fingerprint density at radius 3 is 2.36 bits per heavy atom. The zero-order valence-corrected chi connectivity index (χ0v) is 12.2. The molecule has 0 saturated carbocycles. The van der Waals surface area contributed by atoms with Crippen molar-refractivity contribution in [3.8, 4) is 0 Å². The first-order valence-electron chi connectivity index (χ1n) is 6.64. The summed E-state index contributed by atoms with van der Waals surface area (Å²) >= 11 is 0. The lowest BCUT2D eigenvalue weighted by Crippen LogP contribution is -2.27. The Bertz CT molecular complexity index is 551. The van der Waals surface area contributed by atoms with Gasteiger partial charge in [-0.25, -0.2) is 9.79 Å². The smallest absolute Gasteiger partial charge is 0.460 e. The number of benzene rings is 1. The summed E-state index contributed by atoms with van der Waals surface area (Å²) in [5.74, 6) is -3.02. The van der Waals surface area contributed by atoms with Gasteiger partial charge in [-0.05, 0) is 31.6 Å². The zero-order valence-electron chi connectivity index (χ0n) is 12.2. The summed E-state index contributed by atoms with van der Waals surface area (Å²) in [4.78, 5) is 15.0. The summed E-state index contributed by atoms with van der Waals surface area (Å²) in [6.07, 6.45) is -3.32. The molecular weight excluding hydrogens is 299 g/mol. The van der Waals surface area contributed by atoms with Crippen LogP contribution in [0.15, 0.2) is 47.2 Å². The molecule has 0 unspecified atom stereocenters. The van der Waals surface area contributed by atoms with Crippen molar-refractivity contribution in [2.24, 2.45) is 4.99 Å². The van der Waals surface area contributed by atoms with Crippen molar-refractivity contribution in [3.63, 3.8) is 0 Å². The predicted molar refractivity (Wildman–Crippen MR) is 75.7 cm³/mol. The van der Waals surface area contributed by atoms with Crippen LogP contribution in [0, 0.1) is 0 Å². The van der Waals surface area contributed by atoms with Gasteiger partial charge in [-0.15, -0.1) is 0 Å². The summed E-state index contributed by atoms with van der Waals surface area (Å²) in [6, 6.07) is 7.52. The van der Waals surface area contributed by atoms with Gasteiger partial charge in [0.25, 0.3) is 0 Å². The SMILES string of the molecule is CC/C=C(/OC(=Nc1ccccc1)C(F)(F)F)C(=O)OCC. The highest BCUT2D eigenvalue weighted by atomic mass is 19.4. The van der Waals surface area contributed by atoms with E-state index in [0.29, 0.717) is 6.42 Å². The summed E-state index contributed by atoms with van der Waals surface area (Å²) in [5, 5.41) is 0. The van der Waals surface area contributed by atoms with Crippen LogP contribution in [0.4, 0.5) is 18.9 Å². The van der Waals surface area contributed by atoms with E-state index in [1.165, 1.54) is 18.2 Å². The molecule has 0 aromatic heterocycles. The quantitative estimate of drug-likeness (QED) is 0.270. The van der Waals surface area contributed by atoms with Crippen molar-refractivity contribution < 1.29 is 27.4 Å². The van der Waals surface area contributed by atoms with Crippen molar-refractivity contribution in [1.29, 1.82) is 0 Å². The number of halogens is 3. The largest absolute Gasteiger partial charge is 0.468 e. The number of hydrogen-bond acceptors (Lipinski definition) is 4. The van der Waals surface area contributed by atoms with Crippen LogP contribution >= 0.6 is 0 Å². The minimum absolute atomic E-state index is 0.0282. The van der Waals surface area contributed by atoms with E-state index < -0.39 is 23.8 Å². The standard InChI is InChI=1S/C15H16F3NO3/c1-3-8-12(13(20)21-4-2)22-14(15(16,17)18)19-11-9-6-5-7-10-11/h5-10H,3-4H2,1-2H3/b12-8+,19-14?. The molecule has 1 aromatic carbocycles. The number of nitrogens with zero attached hydrogens (tertiary/aromatic N) is 1. The Morgan fingerprint density at radius 2 is 1.86 bits per heavy atom. The van der Waals surface area contributed by atoms with Gasteiger partial charge in [-0.3, -0.25) is 0 Å². The van der Waals surface area contributed by atoms with Crippen LogP contribution in [-0.4, -0.2) is 24.7 Å². The minimum Gasteiger partial charge on any atom is -0.460 e. The average molecular weight is 315 g/mol. The number of carbonyl (C=O) groups is 1. The van der Waals surface area contributed by atoms with E-state index in [0.717, 1.165) is 0 Å². The second-order valence-corrected chi connectivity index (χ2v) is 4.05. The van der Waals surface area contributed by atoms with Crippen LogP contribution in [-0.2, 0) is 14.3 Å². The van der Waals surface area contributed by atoms with Gasteiger partial charge in [-0.2, -0.15) is 13.2 Å². The van der Waals surface area contributed by atoms with E-state index >= 15 is 0 Å². The maximum absolute atomic E-state index is 13.0. The molecule has 0 aliphatic carbocycles. The first-order valence-corrected chi connectivity index (χ1v) is 6.64. The highest BCUT2D eigenvalue weighted by Gasteiger charge is 2.40. The third-order valence-corrected chi connectivity index (χ3v) is 2.30. The fourth-order valence-corrected chi connectivity index (χ4v) is 1.42. The fraction of sp³-hybridized carbons (Fsp3) is 0.333. The molecule has 1 aromatic rings. The molecule has 0 radical (unpaired) electrons. The van der Waals surface area contributed by atoms with Crippen LogP contribution in [0.1, 0.15) is 20.3 Å². The number of carbonyl (C=O) groups excluding carboxylic acids is 1. The number of aliphatic imine (C=N–C) groups is 1. The number of para-hydroxylation sites is 1. The first kappa shape index (κ1) is 17.7. The summed E-state index contributed by atoms with van der Waals surface area (Å²) in [6.45, 7) is 3.23. The van der Waals surface area contributed by atoms with Crippen molar-refractivity contribution in [1.82, 2.24) is 0 Å². The summed E-state index contributed by atoms with van der Waals surface area (Å²) < 4.78 is 48.4. The molecule has 4 nitrogen and oxygen atoms in total. The van der Waals surface area contributed by atoms with Crippen LogP contribution < -0.4 is 0 Å². The highest BCUT2D eigenvalue weighted by molar-refractivity contribution is 5.93. The number of esters is 1. The molecule has 0 saturated heterocycles. The molecule has 0 spiro atoms. The Morgan fingerprint density at radius 1 is 1.23 bits per heavy atom. The van der Waals surface area contributed by atoms with Crippen molar-refractivity contribution in [3.05, 3.63) is 42.2 Å². The maximum atomic E-state index is 13.0. The molecule has 0 atom stereocenters. The minimum atomic E-state index is -4.84. The predicted octanol–water partition coefficient (Wildman–Crippen LogP) is 4.15. The second-order valence-electron chi connectivity index (χ2n) is 4.05. The topological polar surface area (TPSA) is 47.9 Å². The normalized spacial score (nSPS) is 13.0. The van der Waals surface area contributed by atoms with Gasteiger partial charge in [0.2, 0.25) is 5.76 Å². The Labute approximate surface area is 126 Å². The fourth-order valence-electron chi connectivity index (χ4n) is 1.42. The van der Waals surface area contributed by atoms with Crippen molar-refractivity contribution in [2.45, 2.75) is 26.4 Å². The summed E-state index contributed by atoms with van der Waals surface area (Å²) in [7, 11) is 0. The Kier molecular flexibility index (Phi) is 6.62. The third-order valence-electron chi connectivity index (χ3n) is 2.30. The van der Waals surface area contributed by atoms with E-state index in [-0.39, 0.29) is 12.3 Å². The lowest BCUT2D eigenvalue weighted by molar-refractivity contribution is -0.142. The number of alkyl halides is 3.